The van der Waals surface area contributed by atoms with E-state index >= 15 is 0 Å². The quantitative estimate of drug-likeness (QED) is 0.614. The summed E-state index contributed by atoms with van der Waals surface area (Å²) in [5, 5.41) is 4.41. The molecule has 3 aromatic rings. The number of aromatic nitrogens is 3. The molecule has 0 aliphatic rings. The highest BCUT2D eigenvalue weighted by atomic mass is 16.5. The smallest absolute Gasteiger partial charge is 0.155 e. The van der Waals surface area contributed by atoms with Crippen molar-refractivity contribution in [3.05, 3.63) is 59.7 Å². The normalized spacial score (nSPS) is 11.3. The molecule has 0 saturated carbocycles. The van der Waals surface area contributed by atoms with E-state index in [0.29, 0.717) is 19.0 Å². The molecule has 0 aliphatic heterocycles. The van der Waals surface area contributed by atoms with Crippen LogP contribution >= 0.6 is 0 Å². The maximum atomic E-state index is 5.55. The molecule has 0 amide bonds. The maximum absolute atomic E-state index is 5.55. The molecule has 0 unspecified atom stereocenters. The van der Waals surface area contributed by atoms with E-state index < -0.39 is 0 Å². The fourth-order valence-electron chi connectivity index (χ4n) is 2.59. The Kier molecular flexibility index (Phi) is 6.28. The average Bonchev–Trinajstić information content (AvgIpc) is 2.67. The monoisotopic (exact) mass is 348 g/mol. The zero-order valence-corrected chi connectivity index (χ0v) is 15.3. The highest BCUT2D eigenvalue weighted by Crippen LogP contribution is 2.22. The molecule has 0 saturated heterocycles. The minimum Gasteiger partial charge on any atom is -0.380 e. The third kappa shape index (κ3) is 4.86. The van der Waals surface area contributed by atoms with Crippen LogP contribution < -0.4 is 5.32 Å². The predicted molar refractivity (Wildman–Crippen MR) is 107 cm³/mol. The van der Waals surface area contributed by atoms with Gasteiger partial charge in [-0.05, 0) is 49.8 Å². The first-order valence-electron chi connectivity index (χ1n) is 8.95. The number of fused-ring (bicyclic) bond motifs is 1. The van der Waals surface area contributed by atoms with Crippen LogP contribution in [0.3, 0.4) is 0 Å². The van der Waals surface area contributed by atoms with Crippen molar-refractivity contribution in [3.63, 3.8) is 0 Å². The third-order valence-corrected chi connectivity index (χ3v) is 3.85. The van der Waals surface area contributed by atoms with Crippen molar-refractivity contribution >= 4 is 28.9 Å². The first-order chi connectivity index (χ1) is 12.8. The van der Waals surface area contributed by atoms with Crippen molar-refractivity contribution in [1.29, 1.82) is 0 Å². The van der Waals surface area contributed by atoms with Gasteiger partial charge in [-0.3, -0.25) is 4.98 Å². The lowest BCUT2D eigenvalue weighted by molar-refractivity contribution is 0.144. The summed E-state index contributed by atoms with van der Waals surface area (Å²) in [7, 11) is 0. The van der Waals surface area contributed by atoms with Gasteiger partial charge < -0.3 is 10.1 Å². The molecule has 0 fully saturated rings. The van der Waals surface area contributed by atoms with Crippen LogP contribution in [0.4, 0.5) is 5.82 Å². The molecule has 0 atom stereocenters. The standard InChI is InChI=1S/C21H24N4O/c1-3-13-26-14-12-23-21-18-15-16(2)7-9-19(18)24-20(25-21)10-8-17-6-4-5-11-22-17/h4-11,15H,3,12-14H2,1-2H3,(H,23,24,25). The summed E-state index contributed by atoms with van der Waals surface area (Å²) in [4.78, 5) is 13.6. The number of rotatable bonds is 8. The van der Waals surface area contributed by atoms with Crippen LogP contribution in [0.1, 0.15) is 30.4 Å². The van der Waals surface area contributed by atoms with Crippen molar-refractivity contribution in [3.8, 4) is 0 Å². The fraction of sp³-hybridized carbons (Fsp3) is 0.286. The molecule has 5 heteroatoms. The van der Waals surface area contributed by atoms with Gasteiger partial charge in [0.25, 0.3) is 0 Å². The summed E-state index contributed by atoms with van der Waals surface area (Å²) in [5.74, 6) is 1.49. The molecule has 5 nitrogen and oxygen atoms in total. The van der Waals surface area contributed by atoms with E-state index in [2.05, 4.69) is 46.2 Å². The van der Waals surface area contributed by atoms with Gasteiger partial charge >= 0.3 is 0 Å². The van der Waals surface area contributed by atoms with E-state index in [4.69, 9.17) is 4.74 Å². The molecule has 26 heavy (non-hydrogen) atoms. The summed E-state index contributed by atoms with van der Waals surface area (Å²) < 4.78 is 5.55. The number of pyridine rings is 1. The number of nitrogens with one attached hydrogen (secondary N) is 1. The van der Waals surface area contributed by atoms with Crippen LogP contribution in [0.25, 0.3) is 23.1 Å². The largest absolute Gasteiger partial charge is 0.380 e. The van der Waals surface area contributed by atoms with Gasteiger partial charge in [-0.25, -0.2) is 9.97 Å². The van der Waals surface area contributed by atoms with E-state index in [0.717, 1.165) is 35.4 Å². The minimum atomic E-state index is 0.656. The van der Waals surface area contributed by atoms with Gasteiger partial charge in [-0.1, -0.05) is 24.6 Å². The Bertz CT molecular complexity index is 878. The first kappa shape index (κ1) is 18.0. The van der Waals surface area contributed by atoms with Gasteiger partial charge in [0.1, 0.15) is 5.82 Å². The van der Waals surface area contributed by atoms with Crippen molar-refractivity contribution in [2.45, 2.75) is 20.3 Å². The van der Waals surface area contributed by atoms with Crippen LogP contribution in [0.2, 0.25) is 0 Å². The lowest BCUT2D eigenvalue weighted by Gasteiger charge is -2.10. The van der Waals surface area contributed by atoms with Crippen LogP contribution in [0, 0.1) is 6.92 Å². The lowest BCUT2D eigenvalue weighted by atomic mass is 10.1. The number of nitrogens with zero attached hydrogens (tertiary/aromatic N) is 3. The molecular weight excluding hydrogens is 324 g/mol. The van der Waals surface area contributed by atoms with Gasteiger partial charge in [-0.15, -0.1) is 0 Å². The van der Waals surface area contributed by atoms with Crippen LogP contribution in [0.5, 0.6) is 0 Å². The number of hydrogen-bond acceptors (Lipinski definition) is 5. The van der Waals surface area contributed by atoms with Gasteiger partial charge in [0.2, 0.25) is 0 Å². The Hall–Kier alpha value is -2.79. The SMILES string of the molecule is CCCOCCNc1nc(C=Cc2ccccn2)nc2ccc(C)cc12. The molecule has 0 aliphatic carbocycles. The van der Waals surface area contributed by atoms with E-state index in [1.807, 2.05) is 36.4 Å². The van der Waals surface area contributed by atoms with Gasteiger partial charge in [0, 0.05) is 24.7 Å². The number of anilines is 1. The second-order valence-electron chi connectivity index (χ2n) is 6.08. The zero-order chi connectivity index (χ0) is 18.2. The number of hydrogen-bond donors (Lipinski definition) is 1. The molecule has 1 N–H and O–H groups in total. The Morgan fingerprint density at radius 3 is 2.81 bits per heavy atom. The summed E-state index contributed by atoms with van der Waals surface area (Å²) in [6.07, 6.45) is 6.61. The minimum absolute atomic E-state index is 0.656. The summed E-state index contributed by atoms with van der Waals surface area (Å²) in [6.45, 7) is 6.33. The fourth-order valence-corrected chi connectivity index (χ4v) is 2.59. The molecule has 2 aromatic heterocycles. The van der Waals surface area contributed by atoms with Crippen molar-refractivity contribution in [2.24, 2.45) is 0 Å². The molecule has 0 radical (unpaired) electrons. The second kappa shape index (κ2) is 9.06. The zero-order valence-electron chi connectivity index (χ0n) is 15.3. The molecular formula is C21H24N4O. The highest BCUT2D eigenvalue weighted by Gasteiger charge is 2.06. The topological polar surface area (TPSA) is 59.9 Å². The predicted octanol–water partition coefficient (Wildman–Crippen LogP) is 4.34. The van der Waals surface area contributed by atoms with E-state index in [-0.39, 0.29) is 0 Å². The van der Waals surface area contributed by atoms with Crippen molar-refractivity contribution in [2.75, 3.05) is 25.1 Å². The molecule has 2 heterocycles. The third-order valence-electron chi connectivity index (χ3n) is 3.85. The maximum Gasteiger partial charge on any atom is 0.155 e. The van der Waals surface area contributed by atoms with Crippen LogP contribution in [-0.2, 0) is 4.74 Å². The summed E-state index contributed by atoms with van der Waals surface area (Å²) in [5.41, 5.74) is 2.98. The van der Waals surface area contributed by atoms with Gasteiger partial charge in [-0.2, -0.15) is 0 Å². The molecule has 0 spiro atoms. The van der Waals surface area contributed by atoms with E-state index in [1.165, 1.54) is 5.56 Å². The molecule has 134 valence electrons. The molecule has 1 aromatic carbocycles. The number of benzene rings is 1. The Morgan fingerprint density at radius 1 is 1.08 bits per heavy atom. The van der Waals surface area contributed by atoms with Crippen LogP contribution in [0.15, 0.2) is 42.6 Å². The number of aryl methyl sites for hydroxylation is 1. The van der Waals surface area contributed by atoms with E-state index in [9.17, 15) is 0 Å². The van der Waals surface area contributed by atoms with Crippen LogP contribution in [-0.4, -0.2) is 34.7 Å². The average molecular weight is 348 g/mol. The lowest BCUT2D eigenvalue weighted by Crippen LogP contribution is -2.12. The molecule has 3 rings (SSSR count). The summed E-state index contributed by atoms with van der Waals surface area (Å²) in [6, 6.07) is 12.0. The molecule has 0 bridgehead atoms. The van der Waals surface area contributed by atoms with Crippen molar-refractivity contribution in [1.82, 2.24) is 15.0 Å². The van der Waals surface area contributed by atoms with Gasteiger partial charge in [0.05, 0.1) is 17.8 Å². The number of ether oxygens (including phenoxy) is 1. The Morgan fingerprint density at radius 2 is 2.00 bits per heavy atom. The first-order valence-corrected chi connectivity index (χ1v) is 8.95. The second-order valence-corrected chi connectivity index (χ2v) is 6.08. The van der Waals surface area contributed by atoms with Gasteiger partial charge in [0.15, 0.2) is 5.82 Å². The Labute approximate surface area is 154 Å². The highest BCUT2D eigenvalue weighted by molar-refractivity contribution is 5.90. The summed E-state index contributed by atoms with van der Waals surface area (Å²) >= 11 is 0. The van der Waals surface area contributed by atoms with Crippen molar-refractivity contribution < 1.29 is 4.74 Å². The Balaban J connectivity index is 1.85. The van der Waals surface area contributed by atoms with E-state index in [1.54, 1.807) is 6.20 Å².